The summed E-state index contributed by atoms with van der Waals surface area (Å²) >= 11 is 1.66. The number of hydrogen-bond donors (Lipinski definition) is 1. The molecular formula is C23H32F2O8S2. The van der Waals surface area contributed by atoms with Gasteiger partial charge in [0, 0.05) is 5.25 Å². The highest BCUT2D eigenvalue weighted by molar-refractivity contribution is 8.01. The molecule has 6 fully saturated rings. The lowest BCUT2D eigenvalue weighted by atomic mass is 9.48. The van der Waals surface area contributed by atoms with Gasteiger partial charge in [-0.25, -0.2) is 0 Å². The molecule has 35 heavy (non-hydrogen) atoms. The van der Waals surface area contributed by atoms with Crippen LogP contribution in [0.15, 0.2) is 0 Å². The van der Waals surface area contributed by atoms with Gasteiger partial charge in [-0.3, -0.25) is 14.1 Å². The van der Waals surface area contributed by atoms with Crippen molar-refractivity contribution in [3.05, 3.63) is 0 Å². The van der Waals surface area contributed by atoms with Crippen molar-refractivity contribution in [2.75, 3.05) is 13.2 Å². The maximum absolute atomic E-state index is 13.6. The van der Waals surface area contributed by atoms with Crippen molar-refractivity contribution in [3.8, 4) is 0 Å². The SMILES string of the molecule is CC1(OC(=O)CC2COC3(S2)C2CC4CC3CC(C(=O)OCC(F)(F)S(=O)(=O)O)(C4)C2)CCCC1. The van der Waals surface area contributed by atoms with Crippen LogP contribution in [0.5, 0.6) is 0 Å². The van der Waals surface area contributed by atoms with Gasteiger partial charge in [0.25, 0.3) is 0 Å². The molecule has 198 valence electrons. The van der Waals surface area contributed by atoms with Crippen molar-refractivity contribution in [1.82, 2.24) is 0 Å². The molecule has 6 rings (SSSR count). The zero-order valence-corrected chi connectivity index (χ0v) is 21.3. The van der Waals surface area contributed by atoms with Crippen LogP contribution < -0.4 is 0 Å². The molecule has 1 saturated heterocycles. The van der Waals surface area contributed by atoms with Crippen molar-refractivity contribution < 1.29 is 45.6 Å². The Morgan fingerprint density at radius 3 is 2.37 bits per heavy atom. The average molecular weight is 539 g/mol. The molecule has 5 saturated carbocycles. The third-order valence-electron chi connectivity index (χ3n) is 8.77. The normalized spacial score (nSPS) is 39.8. The lowest BCUT2D eigenvalue weighted by Gasteiger charge is -2.62. The van der Waals surface area contributed by atoms with Crippen LogP contribution in [0.1, 0.15) is 71.1 Å². The van der Waals surface area contributed by atoms with E-state index in [0.717, 1.165) is 38.5 Å². The molecular weight excluding hydrogens is 506 g/mol. The van der Waals surface area contributed by atoms with E-state index in [1.54, 1.807) is 11.8 Å². The molecule has 12 heteroatoms. The van der Waals surface area contributed by atoms with Gasteiger partial charge in [-0.05, 0) is 82.5 Å². The van der Waals surface area contributed by atoms with Gasteiger partial charge in [-0.15, -0.1) is 11.8 Å². The predicted molar refractivity (Wildman–Crippen MR) is 121 cm³/mol. The van der Waals surface area contributed by atoms with E-state index in [-0.39, 0.29) is 41.0 Å². The Hall–Kier alpha value is -0.980. The van der Waals surface area contributed by atoms with Crippen molar-refractivity contribution in [2.24, 2.45) is 23.2 Å². The number of rotatable bonds is 7. The van der Waals surface area contributed by atoms with Crippen LogP contribution in [0.2, 0.25) is 0 Å². The molecule has 3 atom stereocenters. The Morgan fingerprint density at radius 2 is 1.77 bits per heavy atom. The fraction of sp³-hybridized carbons (Fsp3) is 0.913. The van der Waals surface area contributed by atoms with Crippen LogP contribution >= 0.6 is 11.8 Å². The molecule has 3 unspecified atom stereocenters. The fourth-order valence-corrected chi connectivity index (χ4v) is 9.33. The minimum absolute atomic E-state index is 0.0155. The molecule has 0 aromatic rings. The van der Waals surface area contributed by atoms with Gasteiger partial charge in [0.05, 0.1) is 18.4 Å². The molecule has 1 heterocycles. The lowest BCUT2D eigenvalue weighted by Crippen LogP contribution is -2.61. The monoisotopic (exact) mass is 538 g/mol. The number of thioether (sulfide) groups is 1. The summed E-state index contributed by atoms with van der Waals surface area (Å²) in [5.74, 6) is -0.772. The fourth-order valence-electron chi connectivity index (χ4n) is 7.36. The molecule has 4 bridgehead atoms. The molecule has 1 aliphatic heterocycles. The summed E-state index contributed by atoms with van der Waals surface area (Å²) in [6.45, 7) is 0.706. The first-order valence-corrected chi connectivity index (χ1v) is 14.6. The van der Waals surface area contributed by atoms with Gasteiger partial charge in [0.1, 0.15) is 10.5 Å². The van der Waals surface area contributed by atoms with Crippen molar-refractivity contribution in [3.63, 3.8) is 0 Å². The van der Waals surface area contributed by atoms with E-state index in [9.17, 15) is 26.8 Å². The second-order valence-electron chi connectivity index (χ2n) is 11.4. The van der Waals surface area contributed by atoms with Gasteiger partial charge >= 0.3 is 27.3 Å². The van der Waals surface area contributed by atoms with Gasteiger partial charge in [-0.1, -0.05) is 0 Å². The Labute approximate surface area is 207 Å². The van der Waals surface area contributed by atoms with Crippen LogP contribution in [0, 0.1) is 23.2 Å². The van der Waals surface area contributed by atoms with E-state index in [0.29, 0.717) is 25.9 Å². The maximum atomic E-state index is 13.6. The summed E-state index contributed by atoms with van der Waals surface area (Å²) in [6.07, 6.45) is 7.23. The molecule has 6 aliphatic rings. The smallest absolute Gasteiger partial charge is 0.402 e. The number of esters is 2. The maximum Gasteiger partial charge on any atom is 0.402 e. The van der Waals surface area contributed by atoms with Gasteiger partial charge in [0.15, 0.2) is 6.61 Å². The summed E-state index contributed by atoms with van der Waals surface area (Å²) < 4.78 is 74.6. The second kappa shape index (κ2) is 8.52. The highest BCUT2D eigenvalue weighted by Crippen LogP contribution is 2.69. The highest BCUT2D eigenvalue weighted by atomic mass is 32.2. The average Bonchev–Trinajstić information content (AvgIpc) is 3.36. The summed E-state index contributed by atoms with van der Waals surface area (Å²) in [6, 6.07) is 0. The van der Waals surface area contributed by atoms with Crippen LogP contribution in [-0.4, -0.2) is 59.2 Å². The molecule has 1 spiro atoms. The summed E-state index contributed by atoms with van der Waals surface area (Å²) in [5.41, 5.74) is -1.32. The predicted octanol–water partition coefficient (Wildman–Crippen LogP) is 3.93. The lowest BCUT2D eigenvalue weighted by molar-refractivity contribution is -0.200. The Kier molecular flexibility index (Phi) is 6.25. The van der Waals surface area contributed by atoms with Crippen LogP contribution in [0.4, 0.5) is 8.78 Å². The Morgan fingerprint density at radius 1 is 1.14 bits per heavy atom. The zero-order chi connectivity index (χ0) is 25.3. The largest absolute Gasteiger partial charge is 0.459 e. The van der Waals surface area contributed by atoms with E-state index >= 15 is 0 Å². The highest BCUT2D eigenvalue weighted by Gasteiger charge is 2.68. The number of carbonyl (C=O) groups excluding carboxylic acids is 2. The standard InChI is InChI=1S/C23H32F2O8S2/c1-20(4-2-3-5-20)33-18(26)8-17-12-32-23(34-17)15-6-14-7-16(23)11-21(9-14,10-15)19(27)31-13-22(24,25)35(28,29)30/h14-17H,2-13H2,1H3,(H,28,29,30). The minimum Gasteiger partial charge on any atom is -0.459 e. The summed E-state index contributed by atoms with van der Waals surface area (Å²) in [5, 5.41) is -4.59. The molecule has 0 aromatic carbocycles. The zero-order valence-electron chi connectivity index (χ0n) is 19.7. The van der Waals surface area contributed by atoms with Crippen molar-refractivity contribution in [2.45, 2.75) is 92.2 Å². The molecule has 0 radical (unpaired) electrons. The number of halogens is 2. The van der Waals surface area contributed by atoms with Crippen LogP contribution in [0.3, 0.4) is 0 Å². The van der Waals surface area contributed by atoms with E-state index in [1.807, 2.05) is 6.92 Å². The Balaban J connectivity index is 1.23. The Bertz CT molecular complexity index is 977. The first-order chi connectivity index (χ1) is 16.3. The van der Waals surface area contributed by atoms with Gasteiger partial charge in [-0.2, -0.15) is 17.2 Å². The first-order valence-electron chi connectivity index (χ1n) is 12.3. The number of hydrogen-bond acceptors (Lipinski definition) is 8. The van der Waals surface area contributed by atoms with Gasteiger partial charge < -0.3 is 14.2 Å². The van der Waals surface area contributed by atoms with Crippen molar-refractivity contribution in [1.29, 1.82) is 0 Å². The third kappa shape index (κ3) is 4.50. The summed E-state index contributed by atoms with van der Waals surface area (Å²) in [7, 11) is -5.67. The van der Waals surface area contributed by atoms with Gasteiger partial charge in [0.2, 0.25) is 0 Å². The number of ether oxygens (including phenoxy) is 3. The van der Waals surface area contributed by atoms with Crippen LogP contribution in [-0.2, 0) is 33.9 Å². The quantitative estimate of drug-likeness (QED) is 0.380. The molecule has 0 amide bonds. The first kappa shape index (κ1) is 25.7. The van der Waals surface area contributed by atoms with Crippen molar-refractivity contribution >= 4 is 33.8 Å². The minimum atomic E-state index is -5.67. The van der Waals surface area contributed by atoms with E-state index < -0.39 is 38.3 Å². The number of alkyl halides is 2. The number of carbonyl (C=O) groups is 2. The van der Waals surface area contributed by atoms with E-state index in [1.165, 1.54) is 0 Å². The summed E-state index contributed by atoms with van der Waals surface area (Å²) in [4.78, 5) is 25.1. The molecule has 8 nitrogen and oxygen atoms in total. The van der Waals surface area contributed by atoms with Crippen LogP contribution in [0.25, 0.3) is 0 Å². The molecule has 1 N–H and O–H groups in total. The topological polar surface area (TPSA) is 116 Å². The molecule has 0 aromatic heterocycles. The second-order valence-corrected chi connectivity index (χ2v) is 14.5. The van der Waals surface area contributed by atoms with E-state index in [4.69, 9.17) is 18.8 Å². The third-order valence-corrected chi connectivity index (χ3v) is 11.4. The molecule has 5 aliphatic carbocycles. The van der Waals surface area contributed by atoms with E-state index in [2.05, 4.69) is 0 Å².